The van der Waals surface area contributed by atoms with Crippen molar-refractivity contribution in [3.05, 3.63) is 29.8 Å². The number of aliphatic hydroxyl groups excluding tert-OH is 1. The highest BCUT2D eigenvalue weighted by atomic mass is 35.5. The SMILES string of the molecule is Cl.N[C@@H]1C[C@H](C(=O)NCCc2ccc(S(N)(=O)=O)cc2)C[C@H]1O. The monoisotopic (exact) mass is 363 g/mol. The molecule has 0 saturated heterocycles. The summed E-state index contributed by atoms with van der Waals surface area (Å²) in [5.74, 6) is -0.345. The quantitative estimate of drug-likeness (QED) is 0.560. The summed E-state index contributed by atoms with van der Waals surface area (Å²) in [5, 5.41) is 17.4. The van der Waals surface area contributed by atoms with E-state index in [1.165, 1.54) is 12.1 Å². The molecule has 1 saturated carbocycles. The molecule has 1 aromatic carbocycles. The van der Waals surface area contributed by atoms with E-state index in [-0.39, 0.29) is 35.2 Å². The number of carbonyl (C=O) groups is 1. The number of hydrogen-bond donors (Lipinski definition) is 4. The zero-order valence-corrected chi connectivity index (χ0v) is 14.1. The number of sulfonamides is 1. The lowest BCUT2D eigenvalue weighted by molar-refractivity contribution is -0.125. The fourth-order valence-corrected chi connectivity index (χ4v) is 3.10. The van der Waals surface area contributed by atoms with E-state index >= 15 is 0 Å². The Bertz CT molecular complexity index is 626. The van der Waals surface area contributed by atoms with Crippen LogP contribution in [0.3, 0.4) is 0 Å². The lowest BCUT2D eigenvalue weighted by atomic mass is 10.1. The van der Waals surface area contributed by atoms with Crippen LogP contribution in [-0.4, -0.2) is 38.1 Å². The Morgan fingerprint density at radius 2 is 1.87 bits per heavy atom. The molecule has 1 aromatic rings. The standard InChI is InChI=1S/C14H21N3O4S.ClH/c15-12-7-10(8-13(12)18)14(19)17-6-5-9-1-3-11(4-2-9)22(16,20)21;/h1-4,10,12-13,18H,5-8,15H2,(H,17,19)(H2,16,20,21);1H/t10-,12+,13+;/m0./s1. The summed E-state index contributed by atoms with van der Waals surface area (Å²) < 4.78 is 22.3. The van der Waals surface area contributed by atoms with Gasteiger partial charge in [-0.2, -0.15) is 0 Å². The van der Waals surface area contributed by atoms with E-state index in [0.717, 1.165) is 5.56 Å². The van der Waals surface area contributed by atoms with E-state index in [1.54, 1.807) is 12.1 Å². The van der Waals surface area contributed by atoms with Gasteiger partial charge in [-0.05, 0) is 37.0 Å². The Balaban J connectivity index is 0.00000264. The van der Waals surface area contributed by atoms with Crippen molar-refractivity contribution in [3.63, 3.8) is 0 Å². The van der Waals surface area contributed by atoms with Gasteiger partial charge in [0, 0.05) is 18.5 Å². The highest BCUT2D eigenvalue weighted by Gasteiger charge is 2.34. The van der Waals surface area contributed by atoms with Gasteiger partial charge >= 0.3 is 0 Å². The third-order valence-corrected chi connectivity index (χ3v) is 4.84. The molecule has 3 atom stereocenters. The molecule has 0 aromatic heterocycles. The zero-order chi connectivity index (χ0) is 16.3. The first kappa shape index (κ1) is 19.9. The van der Waals surface area contributed by atoms with E-state index in [1.807, 2.05) is 0 Å². The summed E-state index contributed by atoms with van der Waals surface area (Å²) in [4.78, 5) is 12.0. The van der Waals surface area contributed by atoms with Gasteiger partial charge in [0.05, 0.1) is 11.0 Å². The van der Waals surface area contributed by atoms with Gasteiger partial charge in [0.15, 0.2) is 0 Å². The number of rotatable bonds is 5. The summed E-state index contributed by atoms with van der Waals surface area (Å²) in [6.07, 6.45) is 0.867. The highest BCUT2D eigenvalue weighted by molar-refractivity contribution is 7.89. The molecule has 2 rings (SSSR count). The van der Waals surface area contributed by atoms with Crippen LogP contribution in [-0.2, 0) is 21.2 Å². The molecule has 1 aliphatic carbocycles. The zero-order valence-electron chi connectivity index (χ0n) is 12.5. The predicted molar refractivity (Wildman–Crippen MR) is 88.5 cm³/mol. The number of primary sulfonamides is 1. The van der Waals surface area contributed by atoms with Crippen molar-refractivity contribution >= 4 is 28.3 Å². The van der Waals surface area contributed by atoms with Gasteiger partial charge in [-0.3, -0.25) is 4.79 Å². The Labute approximate surface area is 141 Å². The lowest BCUT2D eigenvalue weighted by Crippen LogP contribution is -2.32. The molecule has 0 aliphatic heterocycles. The first-order valence-electron chi connectivity index (χ1n) is 7.10. The number of amides is 1. The van der Waals surface area contributed by atoms with Crippen molar-refractivity contribution in [2.45, 2.75) is 36.3 Å². The number of aliphatic hydroxyl groups is 1. The van der Waals surface area contributed by atoms with Crippen LogP contribution >= 0.6 is 12.4 Å². The lowest BCUT2D eigenvalue weighted by Gasteiger charge is -2.10. The average Bonchev–Trinajstić information content (AvgIpc) is 2.78. The van der Waals surface area contributed by atoms with Crippen molar-refractivity contribution in [2.24, 2.45) is 16.8 Å². The summed E-state index contributed by atoms with van der Waals surface area (Å²) in [5.41, 5.74) is 6.59. The fourth-order valence-electron chi connectivity index (χ4n) is 2.58. The van der Waals surface area contributed by atoms with E-state index in [2.05, 4.69) is 5.32 Å². The molecule has 0 spiro atoms. The number of nitrogens with one attached hydrogen (secondary N) is 1. The minimum absolute atomic E-state index is 0. The molecular weight excluding hydrogens is 342 g/mol. The van der Waals surface area contributed by atoms with Crippen LogP contribution in [0.2, 0.25) is 0 Å². The summed E-state index contributed by atoms with van der Waals surface area (Å²) in [6.45, 7) is 0.440. The maximum absolute atomic E-state index is 11.9. The Kier molecular flexibility index (Phi) is 6.97. The Hall–Kier alpha value is -1.19. The number of nitrogens with two attached hydrogens (primary N) is 2. The van der Waals surface area contributed by atoms with Crippen LogP contribution in [0.15, 0.2) is 29.2 Å². The minimum atomic E-state index is -3.68. The van der Waals surface area contributed by atoms with Crippen LogP contribution in [0.4, 0.5) is 0 Å². The molecule has 0 heterocycles. The minimum Gasteiger partial charge on any atom is -0.391 e. The molecule has 0 bridgehead atoms. The van der Waals surface area contributed by atoms with Crippen LogP contribution in [0.1, 0.15) is 18.4 Å². The fraction of sp³-hybridized carbons (Fsp3) is 0.500. The smallest absolute Gasteiger partial charge is 0.238 e. The highest BCUT2D eigenvalue weighted by Crippen LogP contribution is 2.24. The maximum Gasteiger partial charge on any atom is 0.238 e. The van der Waals surface area contributed by atoms with Gasteiger partial charge in [0.1, 0.15) is 0 Å². The van der Waals surface area contributed by atoms with E-state index < -0.39 is 16.1 Å². The molecule has 130 valence electrons. The van der Waals surface area contributed by atoms with Gasteiger partial charge in [0.2, 0.25) is 15.9 Å². The number of halogens is 1. The molecule has 1 amide bonds. The predicted octanol–water partition coefficient (Wildman–Crippen LogP) is -0.487. The molecule has 1 aliphatic rings. The molecule has 1 fully saturated rings. The van der Waals surface area contributed by atoms with Crippen molar-refractivity contribution < 1.29 is 18.3 Å². The third-order valence-electron chi connectivity index (χ3n) is 3.91. The van der Waals surface area contributed by atoms with Crippen LogP contribution in [0.5, 0.6) is 0 Å². The Morgan fingerprint density at radius 3 is 2.35 bits per heavy atom. The third kappa shape index (κ3) is 5.43. The van der Waals surface area contributed by atoms with Crippen molar-refractivity contribution in [2.75, 3.05) is 6.54 Å². The van der Waals surface area contributed by atoms with E-state index in [0.29, 0.717) is 25.8 Å². The first-order chi connectivity index (χ1) is 10.3. The van der Waals surface area contributed by atoms with Gasteiger partial charge in [-0.15, -0.1) is 12.4 Å². The van der Waals surface area contributed by atoms with Gasteiger partial charge < -0.3 is 16.2 Å². The molecule has 6 N–H and O–H groups in total. The van der Waals surface area contributed by atoms with Crippen LogP contribution in [0, 0.1) is 5.92 Å². The summed E-state index contributed by atoms with van der Waals surface area (Å²) in [6, 6.07) is 5.89. The molecule has 0 radical (unpaired) electrons. The second-order valence-electron chi connectivity index (χ2n) is 5.63. The number of carbonyl (C=O) groups excluding carboxylic acids is 1. The van der Waals surface area contributed by atoms with E-state index in [4.69, 9.17) is 10.9 Å². The van der Waals surface area contributed by atoms with Gasteiger partial charge in [-0.25, -0.2) is 13.6 Å². The molecular formula is C14H22ClN3O4S. The van der Waals surface area contributed by atoms with Crippen LogP contribution < -0.4 is 16.2 Å². The molecule has 23 heavy (non-hydrogen) atoms. The molecule has 0 unspecified atom stereocenters. The Morgan fingerprint density at radius 1 is 1.26 bits per heavy atom. The van der Waals surface area contributed by atoms with Crippen LogP contribution in [0.25, 0.3) is 0 Å². The topological polar surface area (TPSA) is 136 Å². The van der Waals surface area contributed by atoms with Crippen molar-refractivity contribution in [1.29, 1.82) is 0 Å². The first-order valence-corrected chi connectivity index (χ1v) is 8.65. The summed E-state index contributed by atoms with van der Waals surface area (Å²) in [7, 11) is -3.68. The summed E-state index contributed by atoms with van der Waals surface area (Å²) >= 11 is 0. The second-order valence-corrected chi connectivity index (χ2v) is 7.19. The normalized spacial score (nSPS) is 24.0. The molecule has 7 nitrogen and oxygen atoms in total. The van der Waals surface area contributed by atoms with Gasteiger partial charge in [-0.1, -0.05) is 12.1 Å². The average molecular weight is 364 g/mol. The second kappa shape index (κ2) is 8.07. The largest absolute Gasteiger partial charge is 0.391 e. The maximum atomic E-state index is 11.9. The molecule has 9 heteroatoms. The number of hydrogen-bond acceptors (Lipinski definition) is 5. The van der Waals surface area contributed by atoms with Crippen molar-refractivity contribution in [1.82, 2.24) is 5.32 Å². The van der Waals surface area contributed by atoms with Gasteiger partial charge in [0.25, 0.3) is 0 Å². The van der Waals surface area contributed by atoms with E-state index in [9.17, 15) is 18.3 Å². The van der Waals surface area contributed by atoms with Crippen molar-refractivity contribution in [3.8, 4) is 0 Å². The number of benzene rings is 1.